The minimum absolute atomic E-state index is 0.436. The second-order valence-corrected chi connectivity index (χ2v) is 7.10. The third-order valence-corrected chi connectivity index (χ3v) is 5.26. The minimum atomic E-state index is -0.793. The van der Waals surface area contributed by atoms with Crippen LogP contribution in [-0.2, 0) is 0 Å². The maximum atomic E-state index is 12.7. The summed E-state index contributed by atoms with van der Waals surface area (Å²) in [5, 5.41) is 5.75. The van der Waals surface area contributed by atoms with Gasteiger partial charge in [-0.3, -0.25) is 0 Å². The van der Waals surface area contributed by atoms with Gasteiger partial charge in [0.2, 0.25) is 0 Å². The molecule has 0 aromatic heterocycles. The lowest BCUT2D eigenvalue weighted by Gasteiger charge is -2.13. The lowest BCUT2D eigenvalue weighted by molar-refractivity contribution is 0.153. The molecular weight excluding hydrogens is 384 g/mol. The van der Waals surface area contributed by atoms with Crippen LogP contribution in [0.2, 0.25) is 5.02 Å². The van der Waals surface area contributed by atoms with Crippen LogP contribution in [0.5, 0.6) is 11.5 Å². The number of ether oxygens (including phenoxy) is 2. The van der Waals surface area contributed by atoms with Gasteiger partial charge in [0, 0.05) is 26.6 Å². The molecule has 4 heteroatoms. The number of fused-ring (bicyclic) bond motifs is 3. The Morgan fingerprint density at radius 3 is 2.14 bits per heavy atom. The third-order valence-electron chi connectivity index (χ3n) is 4.93. The van der Waals surface area contributed by atoms with Gasteiger partial charge in [-0.2, -0.15) is 0 Å². The smallest absolute Gasteiger partial charge is 0.394 e. The summed E-state index contributed by atoms with van der Waals surface area (Å²) in [6.07, 6.45) is -0.793. The summed E-state index contributed by atoms with van der Waals surface area (Å²) in [6, 6.07) is 28.5. The molecule has 0 N–H and O–H groups in total. The Bertz CT molecular complexity index is 1390. The molecule has 0 aliphatic heterocycles. The number of benzene rings is 5. The lowest BCUT2D eigenvalue weighted by atomic mass is 10.0. The number of carbonyl (C=O) groups is 1. The predicted octanol–water partition coefficient (Wildman–Crippen LogP) is 7.38. The molecule has 5 aromatic carbocycles. The van der Waals surface area contributed by atoms with Crippen LogP contribution < -0.4 is 9.47 Å². The molecule has 0 aliphatic carbocycles. The monoisotopic (exact) mass is 398 g/mol. The molecule has 5 aromatic rings. The van der Waals surface area contributed by atoms with Crippen LogP contribution in [0.15, 0.2) is 91.0 Å². The van der Waals surface area contributed by atoms with Crippen molar-refractivity contribution in [3.05, 3.63) is 96.0 Å². The highest BCUT2D eigenvalue weighted by Gasteiger charge is 2.16. The van der Waals surface area contributed by atoms with E-state index in [4.69, 9.17) is 21.1 Å². The van der Waals surface area contributed by atoms with Crippen molar-refractivity contribution < 1.29 is 14.3 Å². The molecule has 0 spiro atoms. The van der Waals surface area contributed by atoms with E-state index in [1.807, 2.05) is 84.9 Å². The molecule has 0 aliphatic rings. The first-order valence-corrected chi connectivity index (χ1v) is 9.56. The van der Waals surface area contributed by atoms with Gasteiger partial charge in [-0.05, 0) is 29.0 Å². The Labute approximate surface area is 172 Å². The van der Waals surface area contributed by atoms with E-state index in [1.165, 1.54) is 0 Å². The Hall–Kier alpha value is -3.56. The molecule has 0 atom stereocenters. The van der Waals surface area contributed by atoms with Gasteiger partial charge in [-0.15, -0.1) is 0 Å². The fourth-order valence-corrected chi connectivity index (χ4v) is 3.83. The van der Waals surface area contributed by atoms with Gasteiger partial charge < -0.3 is 9.47 Å². The number of hydrogen-bond acceptors (Lipinski definition) is 3. The first-order chi connectivity index (χ1) is 14.2. The van der Waals surface area contributed by atoms with Crippen molar-refractivity contribution in [3.63, 3.8) is 0 Å². The molecule has 3 nitrogen and oxygen atoms in total. The lowest BCUT2D eigenvalue weighted by Crippen LogP contribution is -2.14. The molecule has 5 rings (SSSR count). The van der Waals surface area contributed by atoms with Crippen LogP contribution >= 0.6 is 11.6 Å². The van der Waals surface area contributed by atoms with Crippen molar-refractivity contribution in [3.8, 4) is 11.5 Å². The molecule has 0 unspecified atom stereocenters. The number of halogens is 1. The molecule has 140 valence electrons. The van der Waals surface area contributed by atoms with E-state index < -0.39 is 6.16 Å². The zero-order valence-electron chi connectivity index (χ0n) is 15.3. The third kappa shape index (κ3) is 3.16. The molecule has 29 heavy (non-hydrogen) atoms. The van der Waals surface area contributed by atoms with Crippen molar-refractivity contribution >= 4 is 50.1 Å². The molecule has 0 bridgehead atoms. The molecule has 0 saturated carbocycles. The Morgan fingerprint density at radius 2 is 1.28 bits per heavy atom. The first-order valence-electron chi connectivity index (χ1n) is 9.18. The average molecular weight is 399 g/mol. The molecular formula is C25H15ClO3. The first kappa shape index (κ1) is 17.5. The van der Waals surface area contributed by atoms with Crippen LogP contribution in [0.25, 0.3) is 32.3 Å². The predicted molar refractivity (Wildman–Crippen MR) is 117 cm³/mol. The van der Waals surface area contributed by atoms with E-state index in [0.29, 0.717) is 16.5 Å². The fraction of sp³-hybridized carbons (Fsp3) is 0. The number of rotatable bonds is 2. The van der Waals surface area contributed by atoms with Crippen LogP contribution in [0.4, 0.5) is 4.79 Å². The minimum Gasteiger partial charge on any atom is -0.394 e. The second-order valence-electron chi connectivity index (χ2n) is 6.69. The second kappa shape index (κ2) is 7.12. The van der Waals surface area contributed by atoms with Crippen LogP contribution in [0.3, 0.4) is 0 Å². The Kier molecular flexibility index (Phi) is 4.30. The quantitative estimate of drug-likeness (QED) is 0.177. The van der Waals surface area contributed by atoms with Crippen LogP contribution in [0, 0.1) is 0 Å². The zero-order valence-corrected chi connectivity index (χ0v) is 16.0. The molecule has 0 saturated heterocycles. The summed E-state index contributed by atoms with van der Waals surface area (Å²) in [7, 11) is 0. The van der Waals surface area contributed by atoms with Gasteiger partial charge in [0.25, 0.3) is 0 Å². The molecule has 0 fully saturated rings. The molecule has 0 amide bonds. The van der Waals surface area contributed by atoms with E-state index in [1.54, 1.807) is 6.07 Å². The van der Waals surface area contributed by atoms with Crippen LogP contribution in [-0.4, -0.2) is 6.16 Å². The SMILES string of the molecule is O=C(Oc1cccc2ccccc12)Oc1c2ccccc2cc2c(Cl)cccc12. The van der Waals surface area contributed by atoms with Gasteiger partial charge in [0.15, 0.2) is 0 Å². The van der Waals surface area contributed by atoms with Gasteiger partial charge in [0.1, 0.15) is 11.5 Å². The maximum Gasteiger partial charge on any atom is 0.519 e. The van der Waals surface area contributed by atoms with Crippen molar-refractivity contribution in [2.24, 2.45) is 0 Å². The summed E-state index contributed by atoms with van der Waals surface area (Å²) in [5.74, 6) is 0.890. The Balaban J connectivity index is 1.58. The Morgan fingerprint density at radius 1 is 0.621 bits per heavy atom. The highest BCUT2D eigenvalue weighted by molar-refractivity contribution is 6.36. The van der Waals surface area contributed by atoms with Gasteiger partial charge >= 0.3 is 6.16 Å². The highest BCUT2D eigenvalue weighted by Crippen LogP contribution is 2.38. The van der Waals surface area contributed by atoms with Crippen molar-refractivity contribution in [1.82, 2.24) is 0 Å². The van der Waals surface area contributed by atoms with Crippen LogP contribution in [0.1, 0.15) is 0 Å². The summed E-state index contributed by atoms with van der Waals surface area (Å²) < 4.78 is 11.3. The standard InChI is InChI=1S/C25H15ClO3/c26-22-13-6-12-20-21(22)15-17-8-2-4-11-19(17)24(20)29-25(27)28-23-14-5-9-16-7-1-3-10-18(16)23/h1-15H. The summed E-state index contributed by atoms with van der Waals surface area (Å²) >= 11 is 6.39. The summed E-state index contributed by atoms with van der Waals surface area (Å²) in [5.41, 5.74) is 0. The topological polar surface area (TPSA) is 35.5 Å². The molecule has 0 heterocycles. The van der Waals surface area contributed by atoms with E-state index in [9.17, 15) is 4.79 Å². The zero-order chi connectivity index (χ0) is 19.8. The van der Waals surface area contributed by atoms with E-state index in [-0.39, 0.29) is 0 Å². The number of carbonyl (C=O) groups excluding carboxylic acids is 1. The fourth-order valence-electron chi connectivity index (χ4n) is 3.60. The summed E-state index contributed by atoms with van der Waals surface area (Å²) in [6.45, 7) is 0. The highest BCUT2D eigenvalue weighted by atomic mass is 35.5. The van der Waals surface area contributed by atoms with Gasteiger partial charge in [-0.1, -0.05) is 84.4 Å². The van der Waals surface area contributed by atoms with Crippen molar-refractivity contribution in [1.29, 1.82) is 0 Å². The van der Waals surface area contributed by atoms with E-state index in [0.717, 1.165) is 32.3 Å². The normalized spacial score (nSPS) is 11.1. The largest absolute Gasteiger partial charge is 0.519 e. The van der Waals surface area contributed by atoms with Gasteiger partial charge in [0.05, 0.1) is 0 Å². The van der Waals surface area contributed by atoms with Crippen molar-refractivity contribution in [2.45, 2.75) is 0 Å². The van der Waals surface area contributed by atoms with Gasteiger partial charge in [-0.25, -0.2) is 4.79 Å². The molecule has 0 radical (unpaired) electrons. The maximum absolute atomic E-state index is 12.7. The van der Waals surface area contributed by atoms with E-state index in [2.05, 4.69) is 0 Å². The van der Waals surface area contributed by atoms with E-state index >= 15 is 0 Å². The average Bonchev–Trinajstić information content (AvgIpc) is 2.75. The number of hydrogen-bond donors (Lipinski definition) is 0. The van der Waals surface area contributed by atoms with Crippen molar-refractivity contribution in [2.75, 3.05) is 0 Å². The summed E-state index contributed by atoms with van der Waals surface area (Å²) in [4.78, 5) is 12.7.